The number of benzene rings is 1. The van der Waals surface area contributed by atoms with Gasteiger partial charge in [-0.1, -0.05) is 25.1 Å². The lowest BCUT2D eigenvalue weighted by atomic mass is 10.1. The number of rotatable bonds is 6. The standard InChI is InChI=1S/C17H24N6O/c1-3-16-22-21-12-23(16)9-8-19-17(18-2)20-11-14-10-13-6-4-5-7-15(13)24-14/h4-7,12,14H,3,8-11H2,1-2H3,(H2,18,19,20). The Morgan fingerprint density at radius 1 is 1.38 bits per heavy atom. The summed E-state index contributed by atoms with van der Waals surface area (Å²) in [4.78, 5) is 4.26. The number of para-hydroxylation sites is 1. The van der Waals surface area contributed by atoms with Crippen molar-refractivity contribution >= 4 is 5.96 Å². The van der Waals surface area contributed by atoms with E-state index < -0.39 is 0 Å². The van der Waals surface area contributed by atoms with Crippen molar-refractivity contribution in [2.75, 3.05) is 20.1 Å². The van der Waals surface area contributed by atoms with Crippen LogP contribution in [-0.4, -0.2) is 47.0 Å². The van der Waals surface area contributed by atoms with Crippen molar-refractivity contribution < 1.29 is 4.74 Å². The van der Waals surface area contributed by atoms with E-state index in [1.165, 1.54) is 5.56 Å². The van der Waals surface area contributed by atoms with Crippen LogP contribution in [0.2, 0.25) is 0 Å². The number of nitrogens with one attached hydrogen (secondary N) is 2. The van der Waals surface area contributed by atoms with E-state index in [1.54, 1.807) is 13.4 Å². The van der Waals surface area contributed by atoms with E-state index in [-0.39, 0.29) is 6.10 Å². The van der Waals surface area contributed by atoms with E-state index in [1.807, 2.05) is 18.2 Å². The highest BCUT2D eigenvalue weighted by Gasteiger charge is 2.22. The van der Waals surface area contributed by atoms with Gasteiger partial charge in [0, 0.05) is 33.0 Å². The fourth-order valence-electron chi connectivity index (χ4n) is 2.83. The molecule has 0 amide bonds. The number of nitrogens with zero attached hydrogens (tertiary/aromatic N) is 4. The van der Waals surface area contributed by atoms with Gasteiger partial charge in [-0.15, -0.1) is 10.2 Å². The summed E-state index contributed by atoms with van der Waals surface area (Å²) < 4.78 is 7.98. The predicted molar refractivity (Wildman–Crippen MR) is 93.3 cm³/mol. The molecule has 1 aromatic heterocycles. The number of guanidine groups is 1. The average molecular weight is 328 g/mol. The summed E-state index contributed by atoms with van der Waals surface area (Å²) in [6, 6.07) is 8.19. The molecule has 0 fully saturated rings. The topological polar surface area (TPSA) is 76.4 Å². The highest BCUT2D eigenvalue weighted by Crippen LogP contribution is 2.27. The molecule has 2 aromatic rings. The van der Waals surface area contributed by atoms with Gasteiger partial charge in [-0.25, -0.2) is 0 Å². The minimum absolute atomic E-state index is 0.144. The second-order valence-electron chi connectivity index (χ2n) is 5.73. The van der Waals surface area contributed by atoms with Gasteiger partial charge in [-0.2, -0.15) is 0 Å². The molecule has 1 aliphatic heterocycles. The summed E-state index contributed by atoms with van der Waals surface area (Å²) in [6.07, 6.45) is 3.72. The van der Waals surface area contributed by atoms with Crippen LogP contribution in [0.1, 0.15) is 18.3 Å². The van der Waals surface area contributed by atoms with Crippen molar-refractivity contribution in [3.05, 3.63) is 42.0 Å². The van der Waals surface area contributed by atoms with Gasteiger partial charge in [0.2, 0.25) is 0 Å². The molecule has 3 rings (SSSR count). The van der Waals surface area contributed by atoms with Gasteiger partial charge in [0.05, 0.1) is 6.54 Å². The van der Waals surface area contributed by atoms with Crippen LogP contribution < -0.4 is 15.4 Å². The first-order chi connectivity index (χ1) is 11.8. The number of fused-ring (bicyclic) bond motifs is 1. The Morgan fingerprint density at radius 3 is 3.04 bits per heavy atom. The van der Waals surface area contributed by atoms with Gasteiger partial charge >= 0.3 is 0 Å². The van der Waals surface area contributed by atoms with Crippen molar-refractivity contribution in [3.63, 3.8) is 0 Å². The van der Waals surface area contributed by atoms with Crippen LogP contribution in [0.15, 0.2) is 35.6 Å². The van der Waals surface area contributed by atoms with Crippen LogP contribution in [0, 0.1) is 0 Å². The molecule has 0 aliphatic carbocycles. The number of ether oxygens (including phenoxy) is 1. The molecule has 1 aliphatic rings. The molecule has 0 bridgehead atoms. The lowest BCUT2D eigenvalue weighted by Gasteiger charge is -2.16. The van der Waals surface area contributed by atoms with Crippen molar-refractivity contribution in [3.8, 4) is 5.75 Å². The van der Waals surface area contributed by atoms with Crippen LogP contribution in [0.25, 0.3) is 0 Å². The maximum Gasteiger partial charge on any atom is 0.191 e. The SMILES string of the molecule is CCc1nncn1CCNC(=NC)NCC1Cc2ccccc2O1. The second kappa shape index (κ2) is 7.81. The zero-order chi connectivity index (χ0) is 16.8. The van der Waals surface area contributed by atoms with E-state index in [0.29, 0.717) is 0 Å². The Kier molecular flexibility index (Phi) is 5.30. The Hall–Kier alpha value is -2.57. The number of aliphatic imine (C=N–C) groups is 1. The van der Waals surface area contributed by atoms with E-state index in [2.05, 4.69) is 43.4 Å². The zero-order valence-electron chi connectivity index (χ0n) is 14.2. The normalized spacial score (nSPS) is 16.6. The Labute approximate surface area is 142 Å². The number of hydrogen-bond acceptors (Lipinski definition) is 4. The monoisotopic (exact) mass is 328 g/mol. The summed E-state index contributed by atoms with van der Waals surface area (Å²) in [6.45, 7) is 4.37. The molecule has 7 nitrogen and oxygen atoms in total. The Balaban J connectivity index is 1.41. The second-order valence-corrected chi connectivity index (χ2v) is 5.73. The fourth-order valence-corrected chi connectivity index (χ4v) is 2.83. The molecule has 24 heavy (non-hydrogen) atoms. The lowest BCUT2D eigenvalue weighted by Crippen LogP contribution is -2.43. The molecular weight excluding hydrogens is 304 g/mol. The third-order valence-corrected chi connectivity index (χ3v) is 4.09. The molecule has 0 radical (unpaired) electrons. The molecule has 0 spiro atoms. The smallest absolute Gasteiger partial charge is 0.191 e. The van der Waals surface area contributed by atoms with Gasteiger partial charge in [0.25, 0.3) is 0 Å². The predicted octanol–water partition coefficient (Wildman–Crippen LogP) is 1.01. The lowest BCUT2D eigenvalue weighted by molar-refractivity contribution is 0.235. The number of aryl methyl sites for hydroxylation is 1. The van der Waals surface area contributed by atoms with Gasteiger partial charge in [-0.05, 0) is 11.6 Å². The van der Waals surface area contributed by atoms with Crippen LogP contribution >= 0.6 is 0 Å². The van der Waals surface area contributed by atoms with Crippen LogP contribution in [0.3, 0.4) is 0 Å². The van der Waals surface area contributed by atoms with Crippen molar-refractivity contribution in [1.29, 1.82) is 0 Å². The molecule has 7 heteroatoms. The first-order valence-corrected chi connectivity index (χ1v) is 8.36. The van der Waals surface area contributed by atoms with E-state index >= 15 is 0 Å². The molecule has 1 unspecified atom stereocenters. The third-order valence-electron chi connectivity index (χ3n) is 4.09. The van der Waals surface area contributed by atoms with Gasteiger partial charge in [-0.3, -0.25) is 4.99 Å². The summed E-state index contributed by atoms with van der Waals surface area (Å²) in [7, 11) is 1.77. The Bertz CT molecular complexity index is 671. The van der Waals surface area contributed by atoms with Gasteiger partial charge < -0.3 is 19.9 Å². The average Bonchev–Trinajstić information content (AvgIpc) is 3.23. The van der Waals surface area contributed by atoms with Crippen molar-refractivity contribution in [2.45, 2.75) is 32.4 Å². The first-order valence-electron chi connectivity index (χ1n) is 8.36. The highest BCUT2D eigenvalue weighted by atomic mass is 16.5. The minimum Gasteiger partial charge on any atom is -0.488 e. The van der Waals surface area contributed by atoms with Crippen molar-refractivity contribution in [2.24, 2.45) is 4.99 Å². The minimum atomic E-state index is 0.144. The number of aromatic nitrogens is 3. The third kappa shape index (κ3) is 3.84. The molecule has 0 saturated carbocycles. The highest BCUT2D eigenvalue weighted by molar-refractivity contribution is 5.79. The number of hydrogen-bond donors (Lipinski definition) is 2. The largest absolute Gasteiger partial charge is 0.488 e. The van der Waals surface area contributed by atoms with Gasteiger partial charge in [0.1, 0.15) is 24.0 Å². The molecule has 1 aromatic carbocycles. The van der Waals surface area contributed by atoms with E-state index in [9.17, 15) is 0 Å². The molecule has 2 N–H and O–H groups in total. The first kappa shape index (κ1) is 16.3. The maximum atomic E-state index is 5.93. The quantitative estimate of drug-likeness (QED) is 0.611. The summed E-state index contributed by atoms with van der Waals surface area (Å²) in [5, 5.41) is 14.7. The summed E-state index contributed by atoms with van der Waals surface area (Å²) >= 11 is 0. The van der Waals surface area contributed by atoms with E-state index in [4.69, 9.17) is 4.74 Å². The molecule has 2 heterocycles. The van der Waals surface area contributed by atoms with Crippen LogP contribution in [0.5, 0.6) is 5.75 Å². The molecule has 0 saturated heterocycles. The van der Waals surface area contributed by atoms with Crippen LogP contribution in [0.4, 0.5) is 0 Å². The Morgan fingerprint density at radius 2 is 2.25 bits per heavy atom. The molecule has 128 valence electrons. The zero-order valence-corrected chi connectivity index (χ0v) is 14.2. The fraction of sp³-hybridized carbons (Fsp3) is 0.471. The summed E-state index contributed by atoms with van der Waals surface area (Å²) in [5.41, 5.74) is 1.27. The van der Waals surface area contributed by atoms with Crippen molar-refractivity contribution in [1.82, 2.24) is 25.4 Å². The maximum absolute atomic E-state index is 5.93. The summed E-state index contributed by atoms with van der Waals surface area (Å²) in [5.74, 6) is 2.77. The molecule has 1 atom stereocenters. The van der Waals surface area contributed by atoms with Gasteiger partial charge in [0.15, 0.2) is 5.96 Å². The van der Waals surface area contributed by atoms with Crippen LogP contribution in [-0.2, 0) is 19.4 Å². The van der Waals surface area contributed by atoms with E-state index in [0.717, 1.165) is 50.0 Å². The molecular formula is C17H24N6O.